The van der Waals surface area contributed by atoms with E-state index in [0.29, 0.717) is 17.0 Å². The molecule has 1 aromatic heterocycles. The number of aliphatic carboxylic acids is 1. The molecule has 2 heterocycles. The van der Waals surface area contributed by atoms with Crippen molar-refractivity contribution in [1.82, 2.24) is 10.3 Å². The molecule has 0 aliphatic carbocycles. The summed E-state index contributed by atoms with van der Waals surface area (Å²) in [6, 6.07) is 11.5. The van der Waals surface area contributed by atoms with E-state index >= 15 is 0 Å². The summed E-state index contributed by atoms with van der Waals surface area (Å²) in [4.78, 5) is 39.9. The van der Waals surface area contributed by atoms with Crippen LogP contribution in [0.5, 0.6) is 0 Å². The molecule has 0 saturated heterocycles. The van der Waals surface area contributed by atoms with Crippen molar-refractivity contribution >= 4 is 46.1 Å². The molecule has 2 aromatic carbocycles. The molecule has 0 bridgehead atoms. The van der Waals surface area contributed by atoms with E-state index in [0.717, 1.165) is 21.4 Å². The molecule has 4 N–H and O–H groups in total. The van der Waals surface area contributed by atoms with E-state index < -0.39 is 17.9 Å². The number of hydrogen-bond donors (Lipinski definition) is 4. The summed E-state index contributed by atoms with van der Waals surface area (Å²) in [7, 11) is 0. The maximum absolute atomic E-state index is 12.6. The van der Waals surface area contributed by atoms with Gasteiger partial charge in [-0.05, 0) is 29.8 Å². The van der Waals surface area contributed by atoms with E-state index in [9.17, 15) is 19.5 Å². The number of carboxylic acids is 1. The van der Waals surface area contributed by atoms with Gasteiger partial charge in [0.25, 0.3) is 5.91 Å². The molecule has 28 heavy (non-hydrogen) atoms. The van der Waals surface area contributed by atoms with Crippen molar-refractivity contribution in [2.75, 3.05) is 11.1 Å². The van der Waals surface area contributed by atoms with Crippen LogP contribution in [0.1, 0.15) is 15.9 Å². The monoisotopic (exact) mass is 395 g/mol. The number of para-hydroxylation sites is 1. The van der Waals surface area contributed by atoms with E-state index in [1.54, 1.807) is 24.4 Å². The first-order valence-electron chi connectivity index (χ1n) is 8.66. The van der Waals surface area contributed by atoms with Gasteiger partial charge >= 0.3 is 5.97 Å². The average molecular weight is 395 g/mol. The molecule has 0 radical (unpaired) electrons. The Hall–Kier alpha value is -3.26. The van der Waals surface area contributed by atoms with Gasteiger partial charge < -0.3 is 20.7 Å². The molecule has 0 spiro atoms. The van der Waals surface area contributed by atoms with Crippen LogP contribution < -0.4 is 10.6 Å². The second-order valence-electron chi connectivity index (χ2n) is 6.48. The van der Waals surface area contributed by atoms with Gasteiger partial charge in [-0.25, -0.2) is 4.79 Å². The zero-order valence-electron chi connectivity index (χ0n) is 14.7. The second-order valence-corrected chi connectivity index (χ2v) is 7.49. The minimum absolute atomic E-state index is 0.127. The molecular weight excluding hydrogens is 378 g/mol. The van der Waals surface area contributed by atoms with Gasteiger partial charge in [0.1, 0.15) is 6.04 Å². The summed E-state index contributed by atoms with van der Waals surface area (Å²) in [5.41, 5.74) is 2.59. The number of aromatic nitrogens is 1. The number of rotatable bonds is 5. The second kappa shape index (κ2) is 7.40. The van der Waals surface area contributed by atoms with E-state index in [4.69, 9.17) is 0 Å². The first-order chi connectivity index (χ1) is 13.5. The Labute approximate surface area is 164 Å². The third-order valence-corrected chi connectivity index (χ3v) is 5.65. The minimum atomic E-state index is -1.11. The van der Waals surface area contributed by atoms with Crippen molar-refractivity contribution in [3.05, 3.63) is 59.8 Å². The number of fused-ring (bicyclic) bond motifs is 2. The van der Waals surface area contributed by atoms with Crippen LogP contribution in [0.2, 0.25) is 0 Å². The first kappa shape index (κ1) is 18.1. The van der Waals surface area contributed by atoms with Crippen LogP contribution in [0.15, 0.2) is 53.6 Å². The molecule has 1 atom stereocenters. The fraction of sp³-hybridized carbons (Fsp3) is 0.150. The quantitative estimate of drug-likeness (QED) is 0.531. The number of carboxylic acid groups (broad SMARTS) is 1. The average Bonchev–Trinajstić information content (AvgIpc) is 3.09. The summed E-state index contributed by atoms with van der Waals surface area (Å²) < 4.78 is 0. The number of amides is 2. The third kappa shape index (κ3) is 3.59. The van der Waals surface area contributed by atoms with Crippen molar-refractivity contribution in [2.24, 2.45) is 0 Å². The highest BCUT2D eigenvalue weighted by atomic mass is 32.2. The lowest BCUT2D eigenvalue weighted by Gasteiger charge is -2.18. The molecular formula is C20H17N3O4S. The standard InChI is InChI=1S/C20H17N3O4S/c24-18-10-28-17-6-5-11(7-15(17)22-18)19(25)23-16(20(26)27)8-12-9-21-14-4-2-1-3-13(12)14/h1-7,9,16,21H,8,10H2,(H,22,24)(H,23,25)(H,26,27)/t16-/m1/s1. The van der Waals surface area contributed by atoms with E-state index in [1.165, 1.54) is 11.8 Å². The van der Waals surface area contributed by atoms with Gasteiger partial charge in [0, 0.05) is 34.0 Å². The largest absolute Gasteiger partial charge is 0.480 e. The zero-order chi connectivity index (χ0) is 19.7. The lowest BCUT2D eigenvalue weighted by molar-refractivity contribution is -0.139. The zero-order valence-corrected chi connectivity index (χ0v) is 15.5. The topological polar surface area (TPSA) is 111 Å². The number of carbonyl (C=O) groups excluding carboxylic acids is 2. The van der Waals surface area contributed by atoms with Gasteiger partial charge in [-0.1, -0.05) is 18.2 Å². The molecule has 1 aliphatic rings. The van der Waals surface area contributed by atoms with Crippen molar-refractivity contribution < 1.29 is 19.5 Å². The van der Waals surface area contributed by atoms with Gasteiger partial charge in [-0.2, -0.15) is 0 Å². The maximum Gasteiger partial charge on any atom is 0.326 e. The highest BCUT2D eigenvalue weighted by Crippen LogP contribution is 2.32. The molecule has 4 rings (SSSR count). The molecule has 0 saturated carbocycles. The van der Waals surface area contributed by atoms with Crippen molar-refractivity contribution in [3.63, 3.8) is 0 Å². The van der Waals surface area contributed by atoms with Crippen LogP contribution >= 0.6 is 11.8 Å². The van der Waals surface area contributed by atoms with E-state index in [1.807, 2.05) is 24.3 Å². The molecule has 0 fully saturated rings. The molecule has 3 aromatic rings. The van der Waals surface area contributed by atoms with Crippen LogP contribution in [0.4, 0.5) is 5.69 Å². The normalized spacial score (nSPS) is 14.2. The minimum Gasteiger partial charge on any atom is -0.480 e. The Balaban J connectivity index is 1.53. The van der Waals surface area contributed by atoms with E-state index in [-0.39, 0.29) is 12.3 Å². The van der Waals surface area contributed by atoms with Crippen molar-refractivity contribution in [2.45, 2.75) is 17.4 Å². The molecule has 1 aliphatic heterocycles. The van der Waals surface area contributed by atoms with Crippen LogP contribution in [0.25, 0.3) is 10.9 Å². The first-order valence-corrected chi connectivity index (χ1v) is 9.65. The number of aromatic amines is 1. The van der Waals surface area contributed by atoms with Gasteiger partial charge in [-0.3, -0.25) is 9.59 Å². The Bertz CT molecular complexity index is 1090. The fourth-order valence-corrected chi connectivity index (χ4v) is 3.97. The van der Waals surface area contributed by atoms with Gasteiger partial charge in [0.15, 0.2) is 0 Å². The Morgan fingerprint density at radius 1 is 1.21 bits per heavy atom. The number of anilines is 1. The summed E-state index contributed by atoms with van der Waals surface area (Å²) >= 11 is 1.40. The van der Waals surface area contributed by atoms with Crippen LogP contribution in [0.3, 0.4) is 0 Å². The number of nitrogens with one attached hydrogen (secondary N) is 3. The lowest BCUT2D eigenvalue weighted by Crippen LogP contribution is -2.42. The van der Waals surface area contributed by atoms with E-state index in [2.05, 4.69) is 15.6 Å². The lowest BCUT2D eigenvalue weighted by atomic mass is 10.0. The predicted octanol–water partition coefficient (Wildman–Crippen LogP) is 2.64. The number of thioether (sulfide) groups is 1. The van der Waals surface area contributed by atoms with Crippen molar-refractivity contribution in [1.29, 1.82) is 0 Å². The smallest absolute Gasteiger partial charge is 0.326 e. The number of carbonyl (C=O) groups is 3. The highest BCUT2D eigenvalue weighted by molar-refractivity contribution is 8.00. The van der Waals surface area contributed by atoms with Gasteiger partial charge in [0.05, 0.1) is 11.4 Å². The van der Waals surface area contributed by atoms with Crippen LogP contribution in [-0.2, 0) is 16.0 Å². The maximum atomic E-state index is 12.6. The van der Waals surface area contributed by atoms with Gasteiger partial charge in [0.2, 0.25) is 5.91 Å². The molecule has 142 valence electrons. The molecule has 2 amide bonds. The Kier molecular flexibility index (Phi) is 4.79. The van der Waals surface area contributed by atoms with Crippen LogP contribution in [0, 0.1) is 0 Å². The number of H-pyrrole nitrogens is 1. The molecule has 7 nitrogen and oxygen atoms in total. The van der Waals surface area contributed by atoms with Crippen LogP contribution in [-0.4, -0.2) is 39.7 Å². The predicted molar refractivity (Wildman–Crippen MR) is 107 cm³/mol. The highest BCUT2D eigenvalue weighted by Gasteiger charge is 2.24. The number of benzene rings is 2. The Morgan fingerprint density at radius 3 is 2.86 bits per heavy atom. The molecule has 8 heteroatoms. The van der Waals surface area contributed by atoms with Gasteiger partial charge in [-0.15, -0.1) is 11.8 Å². The van der Waals surface area contributed by atoms with Crippen molar-refractivity contribution in [3.8, 4) is 0 Å². The molecule has 0 unspecified atom stereocenters. The summed E-state index contributed by atoms with van der Waals surface area (Å²) in [5.74, 6) is -1.40. The fourth-order valence-electron chi connectivity index (χ4n) is 3.19. The SMILES string of the molecule is O=C1CSc2ccc(C(=O)N[C@H](Cc3c[nH]c4ccccc34)C(=O)O)cc2N1. The Morgan fingerprint density at radius 2 is 2.04 bits per heavy atom. The third-order valence-electron chi connectivity index (χ3n) is 4.58. The summed E-state index contributed by atoms with van der Waals surface area (Å²) in [5, 5.41) is 15.8. The number of hydrogen-bond acceptors (Lipinski definition) is 4. The summed E-state index contributed by atoms with van der Waals surface area (Å²) in [6.45, 7) is 0. The summed E-state index contributed by atoms with van der Waals surface area (Å²) in [6.07, 6.45) is 1.92.